The van der Waals surface area contributed by atoms with E-state index in [0.717, 1.165) is 64.9 Å². The maximum absolute atomic E-state index is 12.5. The van der Waals surface area contributed by atoms with Crippen LogP contribution in [-0.4, -0.2) is 35.8 Å². The van der Waals surface area contributed by atoms with E-state index < -0.39 is 11.7 Å². The molecule has 6 N–H and O–H groups in total. The molecule has 6 nitrogen and oxygen atoms in total. The molecule has 0 aromatic heterocycles. The van der Waals surface area contributed by atoms with E-state index in [9.17, 15) is 13.2 Å². The number of rotatable bonds is 12. The van der Waals surface area contributed by atoms with Crippen molar-refractivity contribution in [3.05, 3.63) is 194 Å². The van der Waals surface area contributed by atoms with Gasteiger partial charge >= 0.3 is 6.18 Å². The molecule has 0 atom stereocenters. The largest absolute Gasteiger partial charge is 0.416 e. The van der Waals surface area contributed by atoms with E-state index in [0.29, 0.717) is 35.4 Å². The number of benzene rings is 6. The zero-order valence-electron chi connectivity index (χ0n) is 32.9. The van der Waals surface area contributed by atoms with Crippen LogP contribution >= 0.6 is 34.8 Å². The minimum absolute atomic E-state index is 0.586. The lowest BCUT2D eigenvalue weighted by Gasteiger charge is -2.18. The number of anilines is 3. The van der Waals surface area contributed by atoms with Crippen LogP contribution in [0.3, 0.4) is 0 Å². The highest BCUT2D eigenvalue weighted by Gasteiger charge is 2.29. The van der Waals surface area contributed by atoms with Crippen LogP contribution in [-0.2, 0) is 45.4 Å². The van der Waals surface area contributed by atoms with Crippen molar-refractivity contribution in [2.24, 2.45) is 0 Å². The maximum atomic E-state index is 12.5. The molecule has 0 saturated heterocycles. The van der Waals surface area contributed by atoms with Crippen molar-refractivity contribution in [3.8, 4) is 0 Å². The molecule has 0 aliphatic heterocycles. The fraction of sp³-hybridized carbons (Fsp3) is 0.217. The molecule has 58 heavy (non-hydrogen) atoms. The van der Waals surface area contributed by atoms with E-state index in [1.165, 1.54) is 28.8 Å². The molecule has 0 aliphatic rings. The second-order valence-electron chi connectivity index (χ2n) is 14.3. The molecule has 6 aromatic carbocycles. The molecule has 12 heteroatoms. The van der Waals surface area contributed by atoms with E-state index in [4.69, 9.17) is 52.0 Å². The van der Waals surface area contributed by atoms with Gasteiger partial charge in [0.15, 0.2) is 0 Å². The van der Waals surface area contributed by atoms with Crippen LogP contribution in [0.25, 0.3) is 0 Å². The summed E-state index contributed by atoms with van der Waals surface area (Å²) in [7, 11) is 6.06. The summed E-state index contributed by atoms with van der Waals surface area (Å²) in [6.07, 6.45) is -4.28. The average Bonchev–Trinajstić information content (AvgIpc) is 3.16. The van der Waals surface area contributed by atoms with E-state index in [1.807, 2.05) is 116 Å². The Morgan fingerprint density at radius 3 is 1.12 bits per heavy atom. The average molecular weight is 850 g/mol. The topological polar surface area (TPSA) is 87.8 Å². The summed E-state index contributed by atoms with van der Waals surface area (Å²) in [5, 5.41) is 2.20. The normalized spacial score (nSPS) is 11.2. The minimum Gasteiger partial charge on any atom is -0.399 e. The minimum atomic E-state index is -4.28. The Balaban J connectivity index is 0.000000193. The van der Waals surface area contributed by atoms with Gasteiger partial charge in [-0.15, -0.1) is 0 Å². The van der Waals surface area contributed by atoms with Gasteiger partial charge in [0.2, 0.25) is 0 Å². The van der Waals surface area contributed by atoms with Gasteiger partial charge in [0.05, 0.1) is 5.56 Å². The summed E-state index contributed by atoms with van der Waals surface area (Å²) in [5.41, 5.74) is 25.2. The predicted octanol–water partition coefficient (Wildman–Crippen LogP) is 11.7. The Kier molecular flexibility index (Phi) is 17.8. The molecule has 6 rings (SSSR count). The van der Waals surface area contributed by atoms with Crippen molar-refractivity contribution in [2.75, 3.05) is 38.3 Å². The van der Waals surface area contributed by atoms with Crippen LogP contribution in [0.1, 0.15) is 38.9 Å². The summed E-state index contributed by atoms with van der Waals surface area (Å²) in [6.45, 7) is 4.60. The number of halogens is 6. The van der Waals surface area contributed by atoms with E-state index in [2.05, 4.69) is 35.0 Å². The summed E-state index contributed by atoms with van der Waals surface area (Å²) < 4.78 is 37.4. The fourth-order valence-electron chi connectivity index (χ4n) is 5.98. The molecular weight excluding hydrogens is 800 g/mol. The van der Waals surface area contributed by atoms with Crippen molar-refractivity contribution < 1.29 is 13.2 Å². The highest BCUT2D eigenvalue weighted by Crippen LogP contribution is 2.29. The van der Waals surface area contributed by atoms with Crippen LogP contribution in [0.15, 0.2) is 140 Å². The van der Waals surface area contributed by atoms with Gasteiger partial charge in [0, 0.05) is 77.0 Å². The van der Waals surface area contributed by atoms with Gasteiger partial charge in [-0.1, -0.05) is 102 Å². The Morgan fingerprint density at radius 1 is 0.431 bits per heavy atom. The van der Waals surface area contributed by atoms with E-state index in [-0.39, 0.29) is 0 Å². The monoisotopic (exact) mass is 848 g/mol. The lowest BCUT2D eigenvalue weighted by molar-refractivity contribution is -0.137. The number of nitrogens with zero attached hydrogens (tertiary/aromatic N) is 3. The second-order valence-corrected chi connectivity index (χ2v) is 15.5. The predicted molar refractivity (Wildman–Crippen MR) is 237 cm³/mol. The van der Waals surface area contributed by atoms with Gasteiger partial charge in [-0.3, -0.25) is 14.7 Å². The second kappa shape index (κ2) is 22.4. The van der Waals surface area contributed by atoms with Gasteiger partial charge < -0.3 is 17.2 Å². The van der Waals surface area contributed by atoms with Crippen molar-refractivity contribution in [1.29, 1.82) is 0 Å². The molecule has 0 aliphatic carbocycles. The summed E-state index contributed by atoms with van der Waals surface area (Å²) >= 11 is 18.3. The fourth-order valence-corrected chi connectivity index (χ4v) is 6.71. The van der Waals surface area contributed by atoms with Crippen LogP contribution < -0.4 is 17.2 Å². The van der Waals surface area contributed by atoms with Gasteiger partial charge in [-0.25, -0.2) is 0 Å². The third-order valence-electron chi connectivity index (χ3n) is 8.86. The van der Waals surface area contributed by atoms with Crippen LogP contribution in [0.2, 0.25) is 15.1 Å². The molecule has 0 spiro atoms. The molecule has 0 unspecified atom stereocenters. The highest BCUT2D eigenvalue weighted by atomic mass is 35.5. The quantitative estimate of drug-likeness (QED) is 0.106. The summed E-state index contributed by atoms with van der Waals surface area (Å²) in [5.74, 6) is 0. The first-order valence-corrected chi connectivity index (χ1v) is 19.6. The first-order valence-electron chi connectivity index (χ1n) is 18.5. The summed E-state index contributed by atoms with van der Waals surface area (Å²) in [4.78, 5) is 6.45. The van der Waals surface area contributed by atoms with Crippen LogP contribution in [0, 0.1) is 0 Å². The number of nitrogen functional groups attached to an aromatic ring is 3. The Labute approximate surface area is 355 Å². The third kappa shape index (κ3) is 16.3. The molecule has 0 amide bonds. The van der Waals surface area contributed by atoms with Crippen LogP contribution in [0.5, 0.6) is 0 Å². The number of alkyl halides is 3. The number of hydrogen-bond donors (Lipinski definition) is 3. The van der Waals surface area contributed by atoms with Gasteiger partial charge in [-0.05, 0) is 122 Å². The third-order valence-corrected chi connectivity index (χ3v) is 9.80. The van der Waals surface area contributed by atoms with Crippen molar-refractivity contribution >= 4 is 51.9 Å². The van der Waals surface area contributed by atoms with Crippen molar-refractivity contribution in [1.82, 2.24) is 14.7 Å². The van der Waals surface area contributed by atoms with Gasteiger partial charge in [-0.2, -0.15) is 13.2 Å². The number of hydrogen-bond acceptors (Lipinski definition) is 6. The smallest absolute Gasteiger partial charge is 0.399 e. The van der Waals surface area contributed by atoms with Gasteiger partial charge in [0.1, 0.15) is 0 Å². The van der Waals surface area contributed by atoms with E-state index >= 15 is 0 Å². The zero-order chi connectivity index (χ0) is 42.2. The molecule has 306 valence electrons. The lowest BCUT2D eigenvalue weighted by Crippen LogP contribution is -2.17. The molecular formula is C46H50Cl3F3N6. The Bertz CT molecular complexity index is 2110. The SMILES string of the molecule is CN(Cc1ccc(N)cc1)Cc1c(Cl)cccc1Cl.CN(Cc1ccc(N)cc1)Cc1ccc(C(F)(F)F)cc1.CN(Cc1ccc(N)cc1)Cc1cccc(Cl)c1. The Hall–Kier alpha value is -4.74. The maximum Gasteiger partial charge on any atom is 0.416 e. The molecule has 0 fully saturated rings. The van der Waals surface area contributed by atoms with E-state index in [1.54, 1.807) is 0 Å². The lowest BCUT2D eigenvalue weighted by atomic mass is 10.1. The molecule has 0 heterocycles. The molecule has 0 saturated carbocycles. The molecule has 6 aromatic rings. The Morgan fingerprint density at radius 2 is 0.759 bits per heavy atom. The molecule has 0 radical (unpaired) electrons. The number of nitrogens with two attached hydrogens (primary N) is 3. The first-order chi connectivity index (χ1) is 27.5. The van der Waals surface area contributed by atoms with Crippen molar-refractivity contribution in [2.45, 2.75) is 45.4 Å². The standard InChI is InChI=1S/C16H17F3N2.C15H16Cl2N2.C15H17ClN2/c1-21(11-13-4-8-15(20)9-5-13)10-12-2-6-14(7-3-12)16(17,18)19;1-19(9-11-5-7-12(18)8-6-11)10-13-14(16)3-2-4-15(13)17;1-18(10-12-5-7-15(17)8-6-12)11-13-3-2-4-14(16)9-13/h2-9H,10-11,20H2,1H3;2-8H,9-10,18H2,1H3;2-9H,10-11,17H2,1H3. The summed E-state index contributed by atoms with van der Waals surface area (Å²) in [6, 6.07) is 42.2. The first kappa shape index (κ1) is 46.0. The van der Waals surface area contributed by atoms with Gasteiger partial charge in [0.25, 0.3) is 0 Å². The van der Waals surface area contributed by atoms with Crippen LogP contribution in [0.4, 0.5) is 30.2 Å². The highest BCUT2D eigenvalue weighted by molar-refractivity contribution is 6.36. The molecule has 0 bridgehead atoms. The zero-order valence-corrected chi connectivity index (χ0v) is 35.1. The van der Waals surface area contributed by atoms with Crippen molar-refractivity contribution in [3.63, 3.8) is 0 Å².